The lowest BCUT2D eigenvalue weighted by Crippen LogP contribution is -2.25. The van der Waals surface area contributed by atoms with Crippen LogP contribution in [-0.4, -0.2) is 36.8 Å². The van der Waals surface area contributed by atoms with E-state index in [0.717, 1.165) is 18.2 Å². The average molecular weight is 250 g/mol. The van der Waals surface area contributed by atoms with Gasteiger partial charge in [0.1, 0.15) is 0 Å². The molecule has 17 heavy (non-hydrogen) atoms. The molecule has 0 bridgehead atoms. The van der Waals surface area contributed by atoms with Crippen molar-refractivity contribution in [2.45, 2.75) is 12.2 Å². The fourth-order valence-electron chi connectivity index (χ4n) is 2.27. The van der Waals surface area contributed by atoms with Gasteiger partial charge in [-0.1, -0.05) is 30.3 Å². The van der Waals surface area contributed by atoms with E-state index < -0.39 is 0 Å². The molecule has 94 valence electrons. The Hall–Kier alpha value is -0.510. The molecule has 1 aliphatic rings. The molecule has 0 aliphatic carbocycles. The molecule has 0 aromatic heterocycles. The van der Waals surface area contributed by atoms with E-state index in [4.69, 9.17) is 5.73 Å². The molecule has 0 saturated carbocycles. The van der Waals surface area contributed by atoms with Crippen LogP contribution < -0.4 is 5.73 Å². The van der Waals surface area contributed by atoms with E-state index >= 15 is 0 Å². The second kappa shape index (κ2) is 7.04. The summed E-state index contributed by atoms with van der Waals surface area (Å²) in [5.74, 6) is 3.11. The minimum Gasteiger partial charge on any atom is -0.330 e. The summed E-state index contributed by atoms with van der Waals surface area (Å²) in [6.45, 7) is 4.53. The van der Waals surface area contributed by atoms with Gasteiger partial charge in [-0.3, -0.25) is 0 Å². The maximum absolute atomic E-state index is 5.69. The van der Waals surface area contributed by atoms with Crippen molar-refractivity contribution in [3.05, 3.63) is 35.9 Å². The lowest BCUT2D eigenvalue weighted by atomic mass is 10.1. The van der Waals surface area contributed by atoms with Crippen LogP contribution in [0.1, 0.15) is 12.0 Å². The van der Waals surface area contributed by atoms with E-state index in [1.165, 1.54) is 37.4 Å². The summed E-state index contributed by atoms with van der Waals surface area (Å²) in [7, 11) is 0. The highest BCUT2D eigenvalue weighted by atomic mass is 32.2. The number of thioether (sulfide) groups is 1. The third kappa shape index (κ3) is 4.34. The fraction of sp³-hybridized carbons (Fsp3) is 0.571. The molecular formula is C14H22N2S. The van der Waals surface area contributed by atoms with Crippen LogP contribution in [0, 0.1) is 5.92 Å². The number of nitrogens with two attached hydrogens (primary N) is 1. The molecule has 1 saturated heterocycles. The first-order valence-corrected chi connectivity index (χ1v) is 7.58. The van der Waals surface area contributed by atoms with Crippen LogP contribution in [0.2, 0.25) is 0 Å². The van der Waals surface area contributed by atoms with Crippen molar-refractivity contribution in [3.8, 4) is 0 Å². The summed E-state index contributed by atoms with van der Waals surface area (Å²) >= 11 is 2.03. The molecular weight excluding hydrogens is 228 g/mol. The molecule has 3 heteroatoms. The van der Waals surface area contributed by atoms with Crippen molar-refractivity contribution in [2.75, 3.05) is 31.9 Å². The molecule has 0 amide bonds. The Bertz CT molecular complexity index is 315. The van der Waals surface area contributed by atoms with Gasteiger partial charge in [-0.2, -0.15) is 11.8 Å². The quantitative estimate of drug-likeness (QED) is 0.785. The number of hydrogen-bond donors (Lipinski definition) is 1. The standard InChI is InChI=1S/C14H22N2S/c15-10-14-6-7-16(11-14)8-9-17-12-13-4-2-1-3-5-13/h1-5,14H,6-12,15H2. The molecule has 1 heterocycles. The van der Waals surface area contributed by atoms with Crippen molar-refractivity contribution < 1.29 is 0 Å². The Morgan fingerprint density at radius 2 is 2.12 bits per heavy atom. The summed E-state index contributed by atoms with van der Waals surface area (Å²) in [6, 6.07) is 10.7. The summed E-state index contributed by atoms with van der Waals surface area (Å²) in [4.78, 5) is 2.55. The predicted molar refractivity (Wildman–Crippen MR) is 76.2 cm³/mol. The third-order valence-corrected chi connectivity index (χ3v) is 4.38. The Kier molecular flexibility index (Phi) is 5.36. The Morgan fingerprint density at radius 3 is 2.82 bits per heavy atom. The van der Waals surface area contributed by atoms with Gasteiger partial charge in [0.2, 0.25) is 0 Å². The second-order valence-electron chi connectivity index (χ2n) is 4.73. The van der Waals surface area contributed by atoms with E-state index in [1.807, 2.05) is 11.8 Å². The molecule has 1 aromatic rings. The number of benzene rings is 1. The first kappa shape index (κ1) is 12.9. The number of rotatable bonds is 6. The predicted octanol–water partition coefficient (Wildman–Crippen LogP) is 2.20. The summed E-state index contributed by atoms with van der Waals surface area (Å²) < 4.78 is 0. The second-order valence-corrected chi connectivity index (χ2v) is 5.83. The number of nitrogens with zero attached hydrogens (tertiary/aromatic N) is 1. The Morgan fingerprint density at radius 1 is 1.29 bits per heavy atom. The van der Waals surface area contributed by atoms with Gasteiger partial charge in [-0.25, -0.2) is 0 Å². The molecule has 2 rings (SSSR count). The van der Waals surface area contributed by atoms with E-state index in [-0.39, 0.29) is 0 Å². The molecule has 0 radical (unpaired) electrons. The largest absolute Gasteiger partial charge is 0.330 e. The molecule has 1 aliphatic heterocycles. The summed E-state index contributed by atoms with van der Waals surface area (Å²) in [5, 5.41) is 0. The smallest absolute Gasteiger partial charge is 0.0185 e. The highest BCUT2D eigenvalue weighted by molar-refractivity contribution is 7.98. The SMILES string of the molecule is NCC1CCN(CCSCc2ccccc2)C1. The van der Waals surface area contributed by atoms with Crippen LogP contribution in [0.4, 0.5) is 0 Å². The van der Waals surface area contributed by atoms with Crippen molar-refractivity contribution in [1.29, 1.82) is 0 Å². The van der Waals surface area contributed by atoms with Crippen LogP contribution in [-0.2, 0) is 5.75 Å². The Labute approximate surface area is 109 Å². The van der Waals surface area contributed by atoms with Crippen molar-refractivity contribution in [1.82, 2.24) is 4.90 Å². The molecule has 2 nitrogen and oxygen atoms in total. The van der Waals surface area contributed by atoms with E-state index in [2.05, 4.69) is 35.2 Å². The molecule has 2 N–H and O–H groups in total. The van der Waals surface area contributed by atoms with E-state index in [1.54, 1.807) is 0 Å². The monoisotopic (exact) mass is 250 g/mol. The zero-order valence-electron chi connectivity index (χ0n) is 10.3. The zero-order valence-corrected chi connectivity index (χ0v) is 11.2. The lowest BCUT2D eigenvalue weighted by molar-refractivity contribution is 0.346. The maximum atomic E-state index is 5.69. The van der Waals surface area contributed by atoms with E-state index in [0.29, 0.717) is 0 Å². The molecule has 1 unspecified atom stereocenters. The van der Waals surface area contributed by atoms with Crippen LogP contribution in [0.25, 0.3) is 0 Å². The molecule has 1 atom stereocenters. The molecule has 1 aromatic carbocycles. The average Bonchev–Trinajstić information content (AvgIpc) is 2.84. The minimum absolute atomic E-state index is 0.745. The van der Waals surface area contributed by atoms with Crippen LogP contribution in [0.5, 0.6) is 0 Å². The first-order valence-electron chi connectivity index (χ1n) is 6.42. The fourth-order valence-corrected chi connectivity index (χ4v) is 3.23. The van der Waals surface area contributed by atoms with Gasteiger partial charge in [0.05, 0.1) is 0 Å². The van der Waals surface area contributed by atoms with Gasteiger partial charge in [0.25, 0.3) is 0 Å². The molecule has 0 spiro atoms. The number of likely N-dealkylation sites (tertiary alicyclic amines) is 1. The van der Waals surface area contributed by atoms with Gasteiger partial charge >= 0.3 is 0 Å². The zero-order chi connectivity index (χ0) is 11.9. The molecule has 1 fully saturated rings. The van der Waals surface area contributed by atoms with Crippen LogP contribution in [0.15, 0.2) is 30.3 Å². The van der Waals surface area contributed by atoms with Crippen molar-refractivity contribution in [3.63, 3.8) is 0 Å². The summed E-state index contributed by atoms with van der Waals surface area (Å²) in [5.41, 5.74) is 7.12. The van der Waals surface area contributed by atoms with Crippen molar-refractivity contribution in [2.24, 2.45) is 11.7 Å². The number of hydrogen-bond acceptors (Lipinski definition) is 3. The highest BCUT2D eigenvalue weighted by Gasteiger charge is 2.20. The van der Waals surface area contributed by atoms with E-state index in [9.17, 15) is 0 Å². The first-order chi connectivity index (χ1) is 8.38. The van der Waals surface area contributed by atoms with Gasteiger partial charge in [-0.15, -0.1) is 0 Å². The van der Waals surface area contributed by atoms with Crippen LogP contribution in [0.3, 0.4) is 0 Å². The normalized spacial score (nSPS) is 20.9. The highest BCUT2D eigenvalue weighted by Crippen LogP contribution is 2.16. The minimum atomic E-state index is 0.745. The Balaban J connectivity index is 1.58. The summed E-state index contributed by atoms with van der Waals surface area (Å²) in [6.07, 6.45) is 1.29. The van der Waals surface area contributed by atoms with Gasteiger partial charge < -0.3 is 10.6 Å². The van der Waals surface area contributed by atoms with Crippen LogP contribution >= 0.6 is 11.8 Å². The van der Waals surface area contributed by atoms with Gasteiger partial charge in [0, 0.05) is 24.6 Å². The maximum Gasteiger partial charge on any atom is 0.0185 e. The van der Waals surface area contributed by atoms with Crippen molar-refractivity contribution >= 4 is 11.8 Å². The topological polar surface area (TPSA) is 29.3 Å². The van der Waals surface area contributed by atoms with Gasteiger partial charge in [-0.05, 0) is 31.0 Å². The lowest BCUT2D eigenvalue weighted by Gasteiger charge is -2.15. The van der Waals surface area contributed by atoms with Gasteiger partial charge in [0.15, 0.2) is 0 Å². The third-order valence-electron chi connectivity index (χ3n) is 3.37.